The summed E-state index contributed by atoms with van der Waals surface area (Å²) in [6.45, 7) is 3.66. The second kappa shape index (κ2) is 10.5. The van der Waals surface area contributed by atoms with Crippen molar-refractivity contribution >= 4 is 22.0 Å². The van der Waals surface area contributed by atoms with E-state index in [4.69, 9.17) is 0 Å². The first-order valence-electron chi connectivity index (χ1n) is 9.91. The van der Waals surface area contributed by atoms with Crippen LogP contribution < -0.4 is 4.72 Å². The Hall–Kier alpha value is -2.55. The van der Waals surface area contributed by atoms with Gasteiger partial charge in [-0.2, -0.15) is 0 Å². The summed E-state index contributed by atoms with van der Waals surface area (Å²) in [5, 5.41) is 0. The van der Waals surface area contributed by atoms with Crippen LogP contribution in [-0.4, -0.2) is 63.4 Å². The molecule has 0 unspecified atom stereocenters. The summed E-state index contributed by atoms with van der Waals surface area (Å²) in [5.41, 5.74) is 1.16. The quantitative estimate of drug-likeness (QED) is 0.697. The minimum absolute atomic E-state index is 0.0125. The summed E-state index contributed by atoms with van der Waals surface area (Å²) in [4.78, 5) is 16.4. The van der Waals surface area contributed by atoms with Crippen molar-refractivity contribution in [1.82, 2.24) is 14.5 Å². The zero-order valence-corrected chi connectivity index (χ0v) is 17.5. The van der Waals surface area contributed by atoms with Gasteiger partial charge in [-0.1, -0.05) is 42.5 Å². The molecule has 160 valence electrons. The lowest BCUT2D eigenvalue weighted by atomic mass is 10.2. The maximum absolute atomic E-state index is 12.9. The predicted octanol–water partition coefficient (Wildman–Crippen LogP) is 2.35. The zero-order chi connectivity index (χ0) is 21.4. The van der Waals surface area contributed by atoms with Gasteiger partial charge in [0.15, 0.2) is 0 Å². The number of rotatable bonds is 8. The number of hydrogen-bond donors (Lipinski definition) is 1. The third-order valence-electron chi connectivity index (χ3n) is 4.95. The maximum atomic E-state index is 12.9. The van der Waals surface area contributed by atoms with Gasteiger partial charge in [-0.05, 0) is 29.8 Å². The fourth-order valence-electron chi connectivity index (χ4n) is 3.23. The van der Waals surface area contributed by atoms with Crippen LogP contribution in [0.4, 0.5) is 4.39 Å². The highest BCUT2D eigenvalue weighted by molar-refractivity contribution is 7.89. The van der Waals surface area contributed by atoms with Gasteiger partial charge < -0.3 is 4.90 Å². The Morgan fingerprint density at radius 3 is 2.33 bits per heavy atom. The van der Waals surface area contributed by atoms with E-state index in [1.165, 1.54) is 12.1 Å². The minimum atomic E-state index is -3.75. The molecule has 0 bridgehead atoms. The van der Waals surface area contributed by atoms with Crippen LogP contribution in [0.15, 0.2) is 65.6 Å². The third kappa shape index (κ3) is 6.48. The molecule has 0 atom stereocenters. The van der Waals surface area contributed by atoms with E-state index in [-0.39, 0.29) is 23.8 Å². The second-order valence-electron chi connectivity index (χ2n) is 7.10. The van der Waals surface area contributed by atoms with Gasteiger partial charge in [0.2, 0.25) is 15.9 Å². The lowest BCUT2D eigenvalue weighted by Gasteiger charge is -2.34. The maximum Gasteiger partial charge on any atom is 0.240 e. The third-order valence-corrected chi connectivity index (χ3v) is 6.43. The monoisotopic (exact) mass is 431 g/mol. The fraction of sp³-hybridized carbons (Fsp3) is 0.318. The molecule has 1 N–H and O–H groups in total. The number of sulfonamides is 1. The Morgan fingerprint density at radius 1 is 1.00 bits per heavy atom. The summed E-state index contributed by atoms with van der Waals surface area (Å²) in [5.74, 6) is -0.574. The van der Waals surface area contributed by atoms with Crippen molar-refractivity contribution in [1.29, 1.82) is 0 Å². The van der Waals surface area contributed by atoms with Gasteiger partial charge in [0.1, 0.15) is 5.82 Å². The molecule has 2 aromatic rings. The molecular weight excluding hydrogens is 405 g/mol. The normalized spacial score (nSPS) is 15.6. The topological polar surface area (TPSA) is 69.7 Å². The van der Waals surface area contributed by atoms with E-state index in [2.05, 4.69) is 33.9 Å². The van der Waals surface area contributed by atoms with E-state index in [9.17, 15) is 17.6 Å². The van der Waals surface area contributed by atoms with Gasteiger partial charge in [-0.15, -0.1) is 0 Å². The summed E-state index contributed by atoms with van der Waals surface area (Å²) in [7, 11) is -3.75. The molecular formula is C22H26FN3O3S. The van der Waals surface area contributed by atoms with Gasteiger partial charge in [0.25, 0.3) is 0 Å². The fourth-order valence-corrected chi connectivity index (χ4v) is 4.26. The van der Waals surface area contributed by atoms with Crippen molar-refractivity contribution in [3.05, 3.63) is 72.1 Å². The first-order valence-corrected chi connectivity index (χ1v) is 11.4. The van der Waals surface area contributed by atoms with Crippen LogP contribution in [0.3, 0.4) is 0 Å². The number of benzene rings is 2. The molecule has 6 nitrogen and oxygen atoms in total. The summed E-state index contributed by atoms with van der Waals surface area (Å²) >= 11 is 0. The number of hydrogen-bond acceptors (Lipinski definition) is 4. The van der Waals surface area contributed by atoms with Crippen LogP contribution in [0.5, 0.6) is 0 Å². The Bertz CT molecular complexity index is 955. The molecule has 1 heterocycles. The molecule has 1 saturated heterocycles. The average molecular weight is 432 g/mol. The largest absolute Gasteiger partial charge is 0.340 e. The number of nitrogens with zero attached hydrogens (tertiary/aromatic N) is 2. The number of nitrogens with one attached hydrogen (secondary N) is 1. The smallest absolute Gasteiger partial charge is 0.240 e. The van der Waals surface area contributed by atoms with Gasteiger partial charge in [-0.3, -0.25) is 9.69 Å². The summed E-state index contributed by atoms with van der Waals surface area (Å²) in [6, 6.07) is 14.7. The van der Waals surface area contributed by atoms with E-state index in [1.807, 2.05) is 18.2 Å². The highest BCUT2D eigenvalue weighted by Crippen LogP contribution is 2.10. The van der Waals surface area contributed by atoms with Gasteiger partial charge in [0, 0.05) is 45.7 Å². The molecule has 1 aliphatic heterocycles. The Labute approximate surface area is 177 Å². The number of carbonyl (C=O) groups is 1. The van der Waals surface area contributed by atoms with Crippen molar-refractivity contribution in [2.45, 2.75) is 11.3 Å². The number of piperazine rings is 1. The molecule has 1 amide bonds. The zero-order valence-electron chi connectivity index (χ0n) is 16.7. The molecule has 3 rings (SSSR count). The lowest BCUT2D eigenvalue weighted by Crippen LogP contribution is -2.49. The first kappa shape index (κ1) is 22.1. The molecule has 0 aromatic heterocycles. The molecule has 0 saturated carbocycles. The van der Waals surface area contributed by atoms with E-state index in [0.29, 0.717) is 13.1 Å². The highest BCUT2D eigenvalue weighted by atomic mass is 32.2. The molecule has 1 fully saturated rings. The Balaban J connectivity index is 1.38. The standard InChI is InChI=1S/C22H26FN3O3S/c23-20-8-10-21(11-9-20)30(28,29)24-13-12-22(27)26-17-15-25(16-18-26)14-4-7-19-5-2-1-3-6-19/h1-11,24H,12-18H2/b7-4+. The Kier molecular flexibility index (Phi) is 7.73. The summed E-state index contributed by atoms with van der Waals surface area (Å²) < 4.78 is 39.7. The molecule has 8 heteroatoms. The van der Waals surface area contributed by atoms with Crippen LogP contribution >= 0.6 is 0 Å². The Morgan fingerprint density at radius 2 is 1.67 bits per heavy atom. The van der Waals surface area contributed by atoms with Crippen LogP contribution in [0, 0.1) is 5.82 Å². The molecule has 2 aromatic carbocycles. The highest BCUT2D eigenvalue weighted by Gasteiger charge is 2.21. The SMILES string of the molecule is O=C(CCNS(=O)(=O)c1ccc(F)cc1)N1CCN(C/C=C/c2ccccc2)CC1. The van der Waals surface area contributed by atoms with Crippen LogP contribution in [0.1, 0.15) is 12.0 Å². The van der Waals surface area contributed by atoms with Crippen molar-refractivity contribution in [3.63, 3.8) is 0 Å². The molecule has 0 aliphatic carbocycles. The average Bonchev–Trinajstić information content (AvgIpc) is 2.75. The van der Waals surface area contributed by atoms with Gasteiger partial charge in [-0.25, -0.2) is 17.5 Å². The van der Waals surface area contributed by atoms with Crippen molar-refractivity contribution in [2.24, 2.45) is 0 Å². The molecule has 30 heavy (non-hydrogen) atoms. The van der Waals surface area contributed by atoms with E-state index >= 15 is 0 Å². The van der Waals surface area contributed by atoms with E-state index in [1.54, 1.807) is 4.90 Å². The van der Waals surface area contributed by atoms with Gasteiger partial charge in [0.05, 0.1) is 4.90 Å². The van der Waals surface area contributed by atoms with Crippen molar-refractivity contribution in [3.8, 4) is 0 Å². The predicted molar refractivity (Wildman–Crippen MR) is 115 cm³/mol. The van der Waals surface area contributed by atoms with Gasteiger partial charge >= 0.3 is 0 Å². The van der Waals surface area contributed by atoms with Crippen LogP contribution in [0.2, 0.25) is 0 Å². The van der Waals surface area contributed by atoms with Crippen molar-refractivity contribution < 1.29 is 17.6 Å². The summed E-state index contributed by atoms with van der Waals surface area (Å²) in [6.07, 6.45) is 4.30. The number of carbonyl (C=O) groups excluding carboxylic acids is 1. The second-order valence-corrected chi connectivity index (χ2v) is 8.86. The number of amides is 1. The lowest BCUT2D eigenvalue weighted by molar-refractivity contribution is -0.132. The molecule has 0 spiro atoms. The molecule has 1 aliphatic rings. The van der Waals surface area contributed by atoms with E-state index in [0.717, 1.165) is 37.3 Å². The first-order chi connectivity index (χ1) is 14.4. The van der Waals surface area contributed by atoms with Crippen LogP contribution in [-0.2, 0) is 14.8 Å². The molecule has 0 radical (unpaired) electrons. The van der Waals surface area contributed by atoms with Crippen molar-refractivity contribution in [2.75, 3.05) is 39.3 Å². The van der Waals surface area contributed by atoms with E-state index < -0.39 is 15.8 Å². The number of halogens is 1. The van der Waals surface area contributed by atoms with Crippen LogP contribution in [0.25, 0.3) is 6.08 Å². The minimum Gasteiger partial charge on any atom is -0.340 e.